The van der Waals surface area contributed by atoms with Gasteiger partial charge in [-0.05, 0) is 6.92 Å². The van der Waals surface area contributed by atoms with Crippen LogP contribution < -0.4 is 17.3 Å². The number of aliphatic hydroxyl groups excluding tert-OH is 1. The van der Waals surface area contributed by atoms with Crippen LogP contribution in [0.5, 0.6) is 0 Å². The number of nitrogens with two attached hydrogens (primary N) is 2. The third kappa shape index (κ3) is 2.66. The topological polar surface area (TPSA) is 126 Å². The minimum absolute atomic E-state index is 0.0731. The van der Waals surface area contributed by atoms with Gasteiger partial charge in [-0.15, -0.1) is 5.92 Å². The van der Waals surface area contributed by atoms with Crippen LogP contribution in [0, 0.1) is 11.8 Å². The molecule has 0 bridgehead atoms. The SMILES string of the molecule is CC#Cc1cn([C@H]2CC(ON)[C@@H](CO)O2)c(=O)nc1N. The fourth-order valence-corrected chi connectivity index (χ4v) is 2.10. The number of aromatic nitrogens is 2. The minimum atomic E-state index is -0.626. The molecule has 0 saturated carbocycles. The van der Waals surface area contributed by atoms with Crippen molar-refractivity contribution in [3.05, 3.63) is 22.2 Å². The number of anilines is 1. The van der Waals surface area contributed by atoms with Crippen molar-refractivity contribution in [2.75, 3.05) is 12.3 Å². The minimum Gasteiger partial charge on any atom is -0.394 e. The highest BCUT2D eigenvalue weighted by Gasteiger charge is 2.37. The lowest BCUT2D eigenvalue weighted by molar-refractivity contribution is -0.0629. The number of hydrogen-bond donors (Lipinski definition) is 3. The van der Waals surface area contributed by atoms with E-state index in [0.717, 1.165) is 0 Å². The van der Waals surface area contributed by atoms with Gasteiger partial charge in [-0.25, -0.2) is 10.7 Å². The molecule has 0 aromatic carbocycles. The standard InChI is InChI=1S/C12H16N4O4/c1-2-3-7-5-16(12(18)15-11(7)13)10-4-8(20-14)9(6-17)19-10/h5,8-10,17H,4,6,14H2,1H3,(H2,13,15,18)/t8?,9-,10-/m1/s1. The normalized spacial score (nSPS) is 25.2. The highest BCUT2D eigenvalue weighted by molar-refractivity contribution is 5.48. The Kier molecular flexibility index (Phi) is 4.36. The third-order valence-corrected chi connectivity index (χ3v) is 3.09. The number of hydrogen-bond acceptors (Lipinski definition) is 7. The van der Waals surface area contributed by atoms with Crippen molar-refractivity contribution in [3.8, 4) is 11.8 Å². The Morgan fingerprint density at radius 1 is 1.70 bits per heavy atom. The molecule has 1 aromatic rings. The summed E-state index contributed by atoms with van der Waals surface area (Å²) in [7, 11) is 0. The van der Waals surface area contributed by atoms with Gasteiger partial charge in [0.15, 0.2) is 0 Å². The van der Waals surface area contributed by atoms with Gasteiger partial charge in [0.25, 0.3) is 0 Å². The predicted molar refractivity (Wildman–Crippen MR) is 70.1 cm³/mol. The maximum Gasteiger partial charge on any atom is 0.351 e. The molecule has 108 valence electrons. The average molecular weight is 280 g/mol. The van der Waals surface area contributed by atoms with E-state index in [9.17, 15) is 9.90 Å². The molecule has 0 spiro atoms. The van der Waals surface area contributed by atoms with Crippen LogP contribution in [-0.2, 0) is 9.57 Å². The summed E-state index contributed by atoms with van der Waals surface area (Å²) in [6.07, 6.45) is 0.106. The van der Waals surface area contributed by atoms with Crippen molar-refractivity contribution < 1.29 is 14.7 Å². The number of aliphatic hydroxyl groups is 1. The number of nitrogens with zero attached hydrogens (tertiary/aromatic N) is 2. The first-order valence-corrected chi connectivity index (χ1v) is 6.04. The van der Waals surface area contributed by atoms with Crippen LogP contribution in [0.1, 0.15) is 25.1 Å². The fourth-order valence-electron chi connectivity index (χ4n) is 2.10. The second-order valence-electron chi connectivity index (χ2n) is 4.33. The molecule has 8 heteroatoms. The van der Waals surface area contributed by atoms with Crippen LogP contribution in [0.3, 0.4) is 0 Å². The highest BCUT2D eigenvalue weighted by atomic mass is 16.7. The molecule has 1 fully saturated rings. The van der Waals surface area contributed by atoms with Crippen LogP contribution in [0.15, 0.2) is 11.0 Å². The first-order valence-electron chi connectivity index (χ1n) is 6.04. The molecule has 2 heterocycles. The molecule has 1 aromatic heterocycles. The van der Waals surface area contributed by atoms with Gasteiger partial charge in [0.05, 0.1) is 12.2 Å². The Morgan fingerprint density at radius 3 is 3.00 bits per heavy atom. The zero-order chi connectivity index (χ0) is 14.7. The molecule has 1 saturated heterocycles. The Labute approximate surface area is 115 Å². The van der Waals surface area contributed by atoms with Gasteiger partial charge < -0.3 is 15.6 Å². The van der Waals surface area contributed by atoms with E-state index in [4.69, 9.17) is 21.2 Å². The lowest BCUT2D eigenvalue weighted by Gasteiger charge is -2.15. The van der Waals surface area contributed by atoms with Gasteiger partial charge in [0, 0.05) is 12.6 Å². The first kappa shape index (κ1) is 14.5. The molecule has 1 aliphatic heterocycles. The molecule has 1 aliphatic rings. The number of nitrogen functional groups attached to an aromatic ring is 1. The summed E-state index contributed by atoms with van der Waals surface area (Å²) in [6, 6.07) is 0. The molecule has 0 radical (unpaired) electrons. The summed E-state index contributed by atoms with van der Waals surface area (Å²) in [6.45, 7) is 1.40. The summed E-state index contributed by atoms with van der Waals surface area (Å²) >= 11 is 0. The molecular formula is C12H16N4O4. The van der Waals surface area contributed by atoms with E-state index >= 15 is 0 Å². The monoisotopic (exact) mass is 280 g/mol. The zero-order valence-electron chi connectivity index (χ0n) is 10.9. The first-order chi connectivity index (χ1) is 9.60. The van der Waals surface area contributed by atoms with Crippen molar-refractivity contribution >= 4 is 5.82 Å². The smallest absolute Gasteiger partial charge is 0.351 e. The van der Waals surface area contributed by atoms with Crippen molar-refractivity contribution in [3.63, 3.8) is 0 Å². The highest BCUT2D eigenvalue weighted by Crippen LogP contribution is 2.29. The lowest BCUT2D eigenvalue weighted by atomic mass is 10.2. The predicted octanol–water partition coefficient (Wildman–Crippen LogP) is -1.26. The van der Waals surface area contributed by atoms with Gasteiger partial charge in [-0.3, -0.25) is 9.40 Å². The molecule has 20 heavy (non-hydrogen) atoms. The van der Waals surface area contributed by atoms with Crippen LogP contribution in [-0.4, -0.2) is 33.5 Å². The van der Waals surface area contributed by atoms with E-state index in [2.05, 4.69) is 16.8 Å². The van der Waals surface area contributed by atoms with E-state index in [1.165, 1.54) is 10.8 Å². The summed E-state index contributed by atoms with van der Waals surface area (Å²) in [4.78, 5) is 20.3. The van der Waals surface area contributed by atoms with Crippen LogP contribution in [0.4, 0.5) is 5.82 Å². The molecule has 1 unspecified atom stereocenters. The van der Waals surface area contributed by atoms with E-state index < -0.39 is 24.1 Å². The van der Waals surface area contributed by atoms with Crippen molar-refractivity contribution in [2.24, 2.45) is 5.90 Å². The maximum absolute atomic E-state index is 11.9. The molecule has 3 atom stereocenters. The zero-order valence-corrected chi connectivity index (χ0v) is 10.9. The molecule has 0 aliphatic carbocycles. The van der Waals surface area contributed by atoms with E-state index in [-0.39, 0.29) is 12.4 Å². The Balaban J connectivity index is 2.35. The Morgan fingerprint density at radius 2 is 2.45 bits per heavy atom. The van der Waals surface area contributed by atoms with Crippen LogP contribution in [0.25, 0.3) is 0 Å². The number of ether oxygens (including phenoxy) is 1. The van der Waals surface area contributed by atoms with E-state index in [1.807, 2.05) is 0 Å². The summed E-state index contributed by atoms with van der Waals surface area (Å²) < 4.78 is 6.81. The lowest BCUT2D eigenvalue weighted by Crippen LogP contribution is -2.30. The molecule has 2 rings (SSSR count). The van der Waals surface area contributed by atoms with Gasteiger partial charge in [-0.2, -0.15) is 4.98 Å². The van der Waals surface area contributed by atoms with Gasteiger partial charge in [0.1, 0.15) is 24.3 Å². The third-order valence-electron chi connectivity index (χ3n) is 3.09. The molecular weight excluding hydrogens is 264 g/mol. The van der Waals surface area contributed by atoms with Crippen LogP contribution >= 0.6 is 0 Å². The van der Waals surface area contributed by atoms with Gasteiger partial charge >= 0.3 is 5.69 Å². The second-order valence-corrected chi connectivity index (χ2v) is 4.33. The average Bonchev–Trinajstić information content (AvgIpc) is 2.85. The second kappa shape index (κ2) is 6.02. The maximum atomic E-state index is 11.9. The van der Waals surface area contributed by atoms with E-state index in [0.29, 0.717) is 12.0 Å². The molecule has 5 N–H and O–H groups in total. The fraction of sp³-hybridized carbons (Fsp3) is 0.500. The largest absolute Gasteiger partial charge is 0.394 e. The summed E-state index contributed by atoms with van der Waals surface area (Å²) in [5, 5.41) is 9.18. The van der Waals surface area contributed by atoms with E-state index in [1.54, 1.807) is 6.92 Å². The van der Waals surface area contributed by atoms with Crippen molar-refractivity contribution in [1.29, 1.82) is 0 Å². The van der Waals surface area contributed by atoms with Crippen molar-refractivity contribution in [2.45, 2.75) is 31.8 Å². The Bertz CT molecular complexity index is 592. The van der Waals surface area contributed by atoms with Crippen LogP contribution in [0.2, 0.25) is 0 Å². The molecule has 8 nitrogen and oxygen atoms in total. The molecule has 0 amide bonds. The number of rotatable bonds is 3. The summed E-state index contributed by atoms with van der Waals surface area (Å²) in [5.41, 5.74) is 5.52. The van der Waals surface area contributed by atoms with Crippen molar-refractivity contribution in [1.82, 2.24) is 9.55 Å². The Hall–Kier alpha value is -1.92. The summed E-state index contributed by atoms with van der Waals surface area (Å²) in [5.74, 6) is 10.7. The quantitative estimate of drug-likeness (QED) is 0.466. The van der Waals surface area contributed by atoms with Gasteiger partial charge in [0.2, 0.25) is 0 Å². The van der Waals surface area contributed by atoms with Gasteiger partial charge in [-0.1, -0.05) is 5.92 Å².